The van der Waals surface area contributed by atoms with E-state index in [4.69, 9.17) is 9.84 Å². The topological polar surface area (TPSA) is 74.3 Å². The second kappa shape index (κ2) is 9.70. The smallest absolute Gasteiger partial charge is 0.291 e. The summed E-state index contributed by atoms with van der Waals surface area (Å²) in [5.74, 6) is 1.24. The Morgan fingerprint density at radius 1 is 0.946 bits per heavy atom. The number of nitrogens with zero attached hydrogens (tertiary/aromatic N) is 5. The number of methoxy groups -OCH3 is 1. The van der Waals surface area contributed by atoms with Crippen molar-refractivity contribution >= 4 is 54.2 Å². The Morgan fingerprint density at radius 2 is 1.70 bits per heavy atom. The third-order valence-corrected chi connectivity index (χ3v) is 7.87. The molecule has 0 bridgehead atoms. The van der Waals surface area contributed by atoms with Crippen LogP contribution in [0.15, 0.2) is 92.7 Å². The van der Waals surface area contributed by atoms with E-state index in [0.29, 0.717) is 15.3 Å². The van der Waals surface area contributed by atoms with Gasteiger partial charge in [0.15, 0.2) is 5.82 Å². The van der Waals surface area contributed by atoms with Gasteiger partial charge in [0.25, 0.3) is 5.56 Å². The molecule has 0 aliphatic carbocycles. The first-order chi connectivity index (χ1) is 18.0. The van der Waals surface area contributed by atoms with E-state index in [9.17, 15) is 4.79 Å². The molecule has 3 aromatic carbocycles. The summed E-state index contributed by atoms with van der Waals surface area (Å²) in [6.45, 7) is 0. The normalized spacial score (nSPS) is 11.9. The van der Waals surface area contributed by atoms with E-state index in [0.717, 1.165) is 42.8 Å². The lowest BCUT2D eigenvalue weighted by Crippen LogP contribution is -2.23. The first kappa shape index (κ1) is 23.8. The highest BCUT2D eigenvalue weighted by Crippen LogP contribution is 2.32. The molecule has 3 aromatic heterocycles. The van der Waals surface area contributed by atoms with Gasteiger partial charge in [0, 0.05) is 27.4 Å². The number of hydrogen-bond donors (Lipinski definition) is 0. The molecule has 0 unspecified atom stereocenters. The fraction of sp³-hybridized carbons (Fsp3) is 0.0370. The molecule has 0 fully saturated rings. The number of benzene rings is 3. The van der Waals surface area contributed by atoms with Gasteiger partial charge in [-0.05, 0) is 64.5 Å². The summed E-state index contributed by atoms with van der Waals surface area (Å²) in [4.78, 5) is 18.4. The van der Waals surface area contributed by atoms with Crippen molar-refractivity contribution in [1.29, 1.82) is 0 Å². The van der Waals surface area contributed by atoms with Crippen LogP contribution in [0.5, 0.6) is 5.75 Å². The van der Waals surface area contributed by atoms with E-state index < -0.39 is 0 Å². The summed E-state index contributed by atoms with van der Waals surface area (Å²) in [7, 11) is 1.63. The number of hydrogen-bond acceptors (Lipinski definition) is 6. The number of para-hydroxylation sites is 1. The summed E-state index contributed by atoms with van der Waals surface area (Å²) < 4.78 is 10.9. The van der Waals surface area contributed by atoms with E-state index in [2.05, 4.69) is 41.9 Å². The number of thiazole rings is 1. The van der Waals surface area contributed by atoms with Crippen LogP contribution < -0.4 is 14.8 Å². The van der Waals surface area contributed by atoms with E-state index >= 15 is 0 Å². The maximum Gasteiger partial charge on any atom is 0.291 e. The minimum absolute atomic E-state index is 0.217. The number of rotatable bonds is 5. The van der Waals surface area contributed by atoms with Crippen molar-refractivity contribution in [3.05, 3.63) is 108 Å². The van der Waals surface area contributed by atoms with Gasteiger partial charge in [-0.15, -0.1) is 5.10 Å². The van der Waals surface area contributed by atoms with E-state index in [-0.39, 0.29) is 5.56 Å². The number of halogens is 2. The molecule has 0 aliphatic heterocycles. The van der Waals surface area contributed by atoms with Crippen LogP contribution >= 0.6 is 43.2 Å². The fourth-order valence-electron chi connectivity index (χ4n) is 3.94. The molecule has 0 saturated heterocycles. The highest BCUT2D eigenvalue weighted by molar-refractivity contribution is 9.10. The molecule has 6 rings (SSSR count). The Bertz CT molecular complexity index is 1860. The Balaban J connectivity index is 1.48. The van der Waals surface area contributed by atoms with Crippen molar-refractivity contribution < 1.29 is 4.74 Å². The molecule has 0 atom stereocenters. The van der Waals surface area contributed by atoms with Gasteiger partial charge >= 0.3 is 0 Å². The largest absolute Gasteiger partial charge is 0.496 e. The fourth-order valence-corrected chi connectivity index (χ4v) is 5.64. The molecular formula is C27H17Br2N5O2S. The monoisotopic (exact) mass is 633 g/mol. The van der Waals surface area contributed by atoms with Gasteiger partial charge in [-0.3, -0.25) is 4.79 Å². The molecule has 182 valence electrons. The molecule has 7 nitrogen and oxygen atoms in total. The van der Waals surface area contributed by atoms with Crippen molar-refractivity contribution in [2.75, 3.05) is 7.11 Å². The summed E-state index contributed by atoms with van der Waals surface area (Å²) in [5, 5.41) is 9.33. The lowest BCUT2D eigenvalue weighted by molar-refractivity contribution is 0.412. The molecule has 0 aliphatic rings. The minimum atomic E-state index is -0.217. The molecule has 3 heterocycles. The summed E-state index contributed by atoms with van der Waals surface area (Å²) >= 11 is 8.30. The van der Waals surface area contributed by atoms with Gasteiger partial charge < -0.3 is 4.74 Å². The molecule has 10 heteroatoms. The zero-order valence-corrected chi connectivity index (χ0v) is 23.3. The lowest BCUT2D eigenvalue weighted by Gasteiger charge is -2.05. The Hall–Kier alpha value is -3.60. The van der Waals surface area contributed by atoms with Crippen LogP contribution in [0.1, 0.15) is 5.56 Å². The van der Waals surface area contributed by atoms with Gasteiger partial charge in [0.05, 0.1) is 21.8 Å². The average Bonchev–Trinajstić information content (AvgIpc) is 3.60. The Labute approximate surface area is 231 Å². The number of fused-ring (bicyclic) bond motifs is 1. The minimum Gasteiger partial charge on any atom is -0.496 e. The highest BCUT2D eigenvalue weighted by atomic mass is 79.9. The third kappa shape index (κ3) is 4.52. The van der Waals surface area contributed by atoms with Crippen LogP contribution in [0, 0.1) is 0 Å². The second-order valence-electron chi connectivity index (χ2n) is 8.11. The van der Waals surface area contributed by atoms with Gasteiger partial charge in [0.2, 0.25) is 4.96 Å². The Kier molecular flexibility index (Phi) is 6.23. The first-order valence-electron chi connectivity index (χ1n) is 11.2. The van der Waals surface area contributed by atoms with E-state index in [1.807, 2.05) is 89.8 Å². The quantitative estimate of drug-likeness (QED) is 0.241. The SMILES string of the molecule is COc1ccc(-c2nn(-c3ccccc3)cc2/C=c2\sc3nc(-c4ccc(Br)cc4)nn3c2=O)cc1Br. The first-order valence-corrected chi connectivity index (χ1v) is 13.6. The highest BCUT2D eigenvalue weighted by Gasteiger charge is 2.16. The molecule has 0 radical (unpaired) electrons. The van der Waals surface area contributed by atoms with Gasteiger partial charge in [-0.25, -0.2) is 4.68 Å². The zero-order chi connectivity index (χ0) is 25.5. The van der Waals surface area contributed by atoms with Gasteiger partial charge in [0.1, 0.15) is 11.4 Å². The summed E-state index contributed by atoms with van der Waals surface area (Å²) in [6.07, 6.45) is 3.77. The van der Waals surface area contributed by atoms with Crippen molar-refractivity contribution in [2.24, 2.45) is 0 Å². The van der Waals surface area contributed by atoms with Crippen LogP contribution in [0.25, 0.3) is 39.4 Å². The molecule has 6 aromatic rings. The molecule has 37 heavy (non-hydrogen) atoms. The van der Waals surface area contributed by atoms with Crippen LogP contribution in [-0.2, 0) is 0 Å². The van der Waals surface area contributed by atoms with Crippen molar-refractivity contribution in [2.45, 2.75) is 0 Å². The van der Waals surface area contributed by atoms with Crippen molar-refractivity contribution in [3.63, 3.8) is 0 Å². The molecule has 0 saturated carbocycles. The van der Waals surface area contributed by atoms with Crippen LogP contribution in [0.4, 0.5) is 0 Å². The molecule has 0 amide bonds. The predicted octanol–water partition coefficient (Wildman–Crippen LogP) is 5.75. The summed E-state index contributed by atoms with van der Waals surface area (Å²) in [5.41, 5.74) is 3.97. The van der Waals surface area contributed by atoms with Gasteiger partial charge in [-0.2, -0.15) is 14.6 Å². The van der Waals surface area contributed by atoms with E-state index in [1.54, 1.807) is 7.11 Å². The number of ether oxygens (including phenoxy) is 1. The maximum atomic E-state index is 13.3. The van der Waals surface area contributed by atoms with E-state index in [1.165, 1.54) is 15.9 Å². The van der Waals surface area contributed by atoms with Gasteiger partial charge in [-0.1, -0.05) is 57.6 Å². The summed E-state index contributed by atoms with van der Waals surface area (Å²) in [6, 6.07) is 23.3. The Morgan fingerprint density at radius 3 is 2.41 bits per heavy atom. The molecular weight excluding hydrogens is 618 g/mol. The second-order valence-corrected chi connectivity index (χ2v) is 10.9. The molecule has 0 N–H and O–H groups in total. The van der Waals surface area contributed by atoms with Crippen LogP contribution in [-0.4, -0.2) is 31.5 Å². The standard InChI is InChI=1S/C27H17Br2N5O2S/c1-36-22-12-9-17(13-21(22)29)24-18(15-33(31-24)20-5-3-2-4-6-20)14-23-26(35)34-27(37-23)30-25(32-34)16-7-10-19(28)11-8-16/h2-15H,1H3/b23-14-. The third-order valence-electron chi connectivity index (χ3n) is 5.76. The zero-order valence-electron chi connectivity index (χ0n) is 19.3. The van der Waals surface area contributed by atoms with Crippen LogP contribution in [0.2, 0.25) is 0 Å². The number of aromatic nitrogens is 5. The average molecular weight is 635 g/mol. The predicted molar refractivity (Wildman–Crippen MR) is 152 cm³/mol. The molecule has 0 spiro atoms. The van der Waals surface area contributed by atoms with Crippen molar-refractivity contribution in [3.8, 4) is 34.1 Å². The maximum absolute atomic E-state index is 13.3. The van der Waals surface area contributed by atoms with Crippen LogP contribution in [0.3, 0.4) is 0 Å². The lowest BCUT2D eigenvalue weighted by atomic mass is 10.1. The van der Waals surface area contributed by atoms with Crippen molar-refractivity contribution in [1.82, 2.24) is 24.4 Å².